The number of rotatable bonds is 2. The molecule has 2 saturated heterocycles. The number of thiazole rings is 1. The molecule has 0 aliphatic carbocycles. The molecule has 3 nitrogen and oxygen atoms in total. The topological polar surface area (TPSA) is 42.4 Å². The second kappa shape index (κ2) is 5.84. The fraction of sp³-hybridized carbons (Fsp3) is 0.812. The first kappa shape index (κ1) is 15.8. The van der Waals surface area contributed by atoms with Crippen LogP contribution < -0.4 is 0 Å². The van der Waals surface area contributed by atoms with Crippen molar-refractivity contribution in [3.63, 3.8) is 0 Å². The summed E-state index contributed by atoms with van der Waals surface area (Å²) < 4.78 is 6.05. The summed E-state index contributed by atoms with van der Waals surface area (Å²) in [4.78, 5) is 4.69. The molecule has 118 valence electrons. The molecule has 1 aromatic rings. The van der Waals surface area contributed by atoms with Gasteiger partial charge >= 0.3 is 0 Å². The third-order valence-electron chi connectivity index (χ3n) is 4.51. The number of ether oxygens (including phenoxy) is 1. The van der Waals surface area contributed by atoms with E-state index in [4.69, 9.17) is 9.72 Å². The summed E-state index contributed by atoms with van der Waals surface area (Å²) in [5, 5.41) is 13.9. The predicted molar refractivity (Wildman–Crippen MR) is 89.1 cm³/mol. The first-order valence-electron chi connectivity index (χ1n) is 7.75. The first-order valence-corrected chi connectivity index (χ1v) is 9.79. The molecule has 21 heavy (non-hydrogen) atoms. The highest BCUT2D eigenvalue weighted by atomic mass is 32.2. The lowest BCUT2D eigenvalue weighted by atomic mass is 9.81. The summed E-state index contributed by atoms with van der Waals surface area (Å²) >= 11 is 3.64. The second-order valence-corrected chi connectivity index (χ2v) is 9.32. The molecular weight excluding hydrogens is 302 g/mol. The van der Waals surface area contributed by atoms with Gasteiger partial charge in [-0.25, -0.2) is 4.98 Å². The Kier molecular flexibility index (Phi) is 4.39. The van der Waals surface area contributed by atoms with Gasteiger partial charge in [0.2, 0.25) is 0 Å². The maximum absolute atomic E-state index is 10.7. The molecule has 0 aromatic carbocycles. The van der Waals surface area contributed by atoms with E-state index in [1.165, 1.54) is 5.75 Å². The van der Waals surface area contributed by atoms with E-state index >= 15 is 0 Å². The number of aliphatic hydroxyl groups excluding tert-OH is 1. The monoisotopic (exact) mass is 327 g/mol. The van der Waals surface area contributed by atoms with E-state index in [0.717, 1.165) is 42.3 Å². The van der Waals surface area contributed by atoms with Crippen molar-refractivity contribution in [1.82, 2.24) is 4.98 Å². The molecule has 1 spiro atoms. The van der Waals surface area contributed by atoms with Crippen molar-refractivity contribution in [3.8, 4) is 0 Å². The largest absolute Gasteiger partial charge is 0.386 e. The highest BCUT2D eigenvalue weighted by Gasteiger charge is 2.42. The van der Waals surface area contributed by atoms with E-state index < -0.39 is 6.10 Å². The molecule has 3 rings (SSSR count). The Balaban J connectivity index is 1.72. The lowest BCUT2D eigenvalue weighted by Crippen LogP contribution is -2.41. The van der Waals surface area contributed by atoms with Gasteiger partial charge in [-0.15, -0.1) is 11.3 Å². The van der Waals surface area contributed by atoms with Crippen LogP contribution in [0.1, 0.15) is 56.8 Å². The standard InChI is InChI=1S/C16H25NO2S2/c1-15(2,3)14-17-12(9-21-14)13(18)11-4-6-19-16(8-11)5-7-20-10-16/h9,11,13,18H,4-8,10H2,1-3H3. The average Bonchev–Trinajstić information content (AvgIpc) is 3.07. The zero-order chi connectivity index (χ0) is 15.1. The van der Waals surface area contributed by atoms with Crippen molar-refractivity contribution < 1.29 is 9.84 Å². The fourth-order valence-corrected chi connectivity index (χ4v) is 5.52. The van der Waals surface area contributed by atoms with Gasteiger partial charge < -0.3 is 9.84 Å². The number of aliphatic hydroxyl groups is 1. The Morgan fingerprint density at radius 1 is 1.48 bits per heavy atom. The fourth-order valence-electron chi connectivity index (χ4n) is 3.21. The number of hydrogen-bond acceptors (Lipinski definition) is 5. The van der Waals surface area contributed by atoms with Crippen molar-refractivity contribution in [2.75, 3.05) is 18.1 Å². The maximum atomic E-state index is 10.7. The summed E-state index contributed by atoms with van der Waals surface area (Å²) in [5.41, 5.74) is 0.941. The van der Waals surface area contributed by atoms with E-state index in [0.29, 0.717) is 0 Å². The number of hydrogen-bond donors (Lipinski definition) is 1. The van der Waals surface area contributed by atoms with Crippen LogP contribution in [-0.2, 0) is 10.2 Å². The van der Waals surface area contributed by atoms with Gasteiger partial charge in [0.15, 0.2) is 0 Å². The Morgan fingerprint density at radius 2 is 2.29 bits per heavy atom. The van der Waals surface area contributed by atoms with Gasteiger partial charge in [0.25, 0.3) is 0 Å². The third kappa shape index (κ3) is 3.31. The van der Waals surface area contributed by atoms with Crippen LogP contribution in [0.5, 0.6) is 0 Å². The van der Waals surface area contributed by atoms with Crippen molar-refractivity contribution in [2.24, 2.45) is 5.92 Å². The van der Waals surface area contributed by atoms with Gasteiger partial charge in [-0.1, -0.05) is 20.8 Å². The van der Waals surface area contributed by atoms with Crippen LogP contribution in [0, 0.1) is 5.92 Å². The number of nitrogens with zero attached hydrogens (tertiary/aromatic N) is 1. The van der Waals surface area contributed by atoms with E-state index in [1.54, 1.807) is 11.3 Å². The number of thioether (sulfide) groups is 1. The minimum absolute atomic E-state index is 0.0252. The van der Waals surface area contributed by atoms with Crippen molar-refractivity contribution in [2.45, 2.75) is 57.2 Å². The van der Waals surface area contributed by atoms with Gasteiger partial charge in [-0.2, -0.15) is 11.8 Å². The molecule has 1 N–H and O–H groups in total. The Hall–Kier alpha value is -0.100. The third-order valence-corrected chi connectivity index (χ3v) is 7.02. The molecule has 1 aromatic heterocycles. The minimum Gasteiger partial charge on any atom is -0.386 e. The average molecular weight is 328 g/mol. The van der Waals surface area contributed by atoms with Crippen LogP contribution in [0.3, 0.4) is 0 Å². The molecule has 0 saturated carbocycles. The van der Waals surface area contributed by atoms with Gasteiger partial charge in [-0.05, 0) is 30.9 Å². The SMILES string of the molecule is CC(C)(C)c1nc(C(O)C2CCOC3(CCSC3)C2)cs1. The summed E-state index contributed by atoms with van der Waals surface area (Å²) in [6, 6.07) is 0. The smallest absolute Gasteiger partial charge is 0.0998 e. The van der Waals surface area contributed by atoms with Crippen molar-refractivity contribution in [3.05, 3.63) is 16.1 Å². The highest BCUT2D eigenvalue weighted by molar-refractivity contribution is 7.99. The zero-order valence-electron chi connectivity index (χ0n) is 13.1. The van der Waals surface area contributed by atoms with E-state index in [2.05, 4.69) is 20.8 Å². The lowest BCUT2D eigenvalue weighted by Gasteiger charge is -2.39. The molecule has 2 aliphatic heterocycles. The summed E-state index contributed by atoms with van der Waals surface area (Å²) in [6.45, 7) is 7.28. The molecule has 3 unspecified atom stereocenters. The van der Waals surface area contributed by atoms with Crippen LogP contribution in [0.4, 0.5) is 0 Å². The number of aromatic nitrogens is 1. The summed E-state index contributed by atoms with van der Waals surface area (Å²) in [6.07, 6.45) is 2.61. The Bertz CT molecular complexity index is 489. The quantitative estimate of drug-likeness (QED) is 0.898. The first-order chi connectivity index (χ1) is 9.90. The molecule has 5 heteroatoms. The van der Waals surface area contributed by atoms with Crippen LogP contribution in [0.25, 0.3) is 0 Å². The van der Waals surface area contributed by atoms with Gasteiger partial charge in [-0.3, -0.25) is 0 Å². The van der Waals surface area contributed by atoms with Gasteiger partial charge in [0, 0.05) is 23.2 Å². The molecular formula is C16H25NO2S2. The van der Waals surface area contributed by atoms with Crippen molar-refractivity contribution in [1.29, 1.82) is 0 Å². The Morgan fingerprint density at radius 3 is 2.90 bits per heavy atom. The van der Waals surface area contributed by atoms with Crippen LogP contribution >= 0.6 is 23.1 Å². The van der Waals surface area contributed by atoms with Gasteiger partial charge in [0.1, 0.15) is 0 Å². The Labute approximate surface area is 135 Å². The molecule has 0 amide bonds. The van der Waals surface area contributed by atoms with Gasteiger partial charge in [0.05, 0.1) is 22.4 Å². The molecule has 3 atom stereocenters. The van der Waals surface area contributed by atoms with Crippen LogP contribution in [-0.4, -0.2) is 33.8 Å². The molecule has 2 aliphatic rings. The highest BCUT2D eigenvalue weighted by Crippen LogP contribution is 2.44. The van der Waals surface area contributed by atoms with E-state index in [-0.39, 0.29) is 16.9 Å². The van der Waals surface area contributed by atoms with Crippen molar-refractivity contribution >= 4 is 23.1 Å². The maximum Gasteiger partial charge on any atom is 0.0998 e. The zero-order valence-corrected chi connectivity index (χ0v) is 14.7. The molecule has 3 heterocycles. The summed E-state index contributed by atoms with van der Waals surface area (Å²) in [5.74, 6) is 2.56. The molecule has 0 radical (unpaired) electrons. The van der Waals surface area contributed by atoms with E-state index in [9.17, 15) is 5.11 Å². The van der Waals surface area contributed by atoms with Crippen LogP contribution in [0.2, 0.25) is 0 Å². The molecule has 0 bridgehead atoms. The minimum atomic E-state index is -0.441. The molecule has 2 fully saturated rings. The van der Waals surface area contributed by atoms with E-state index in [1.807, 2.05) is 17.1 Å². The van der Waals surface area contributed by atoms with Crippen LogP contribution in [0.15, 0.2) is 5.38 Å². The summed E-state index contributed by atoms with van der Waals surface area (Å²) in [7, 11) is 0. The normalized spacial score (nSPS) is 31.7. The predicted octanol–water partition coefficient (Wildman–Crippen LogP) is 3.78. The second-order valence-electron chi connectivity index (χ2n) is 7.36. The lowest BCUT2D eigenvalue weighted by molar-refractivity contribution is -0.102.